The predicted molar refractivity (Wildman–Crippen MR) is 136 cm³/mol. The van der Waals surface area contributed by atoms with Crippen LogP contribution in [0.3, 0.4) is 0 Å². The van der Waals surface area contributed by atoms with Crippen molar-refractivity contribution in [3.63, 3.8) is 0 Å². The van der Waals surface area contributed by atoms with E-state index in [1.54, 1.807) is 0 Å². The molecule has 0 aromatic heterocycles. The molecule has 1 aliphatic heterocycles. The summed E-state index contributed by atoms with van der Waals surface area (Å²) in [5, 5.41) is 3.63. The van der Waals surface area contributed by atoms with Crippen molar-refractivity contribution < 1.29 is 9.30 Å². The Bertz CT molecular complexity index is 920. The van der Waals surface area contributed by atoms with E-state index in [1.807, 2.05) is 30.3 Å². The SMILES string of the molecule is CC(C)N1[C@@H]2CCCC[C@H]2N(C(C)C)P1(=O)N[C@H](C)c1ccc(OCc2ccccc2)cc1. The summed E-state index contributed by atoms with van der Waals surface area (Å²) in [5.74, 6) is 0.848. The fraction of sp³-hybridized carbons (Fsp3) is 0.556. The van der Waals surface area contributed by atoms with Crippen LogP contribution in [0, 0.1) is 0 Å². The molecule has 1 N–H and O–H groups in total. The summed E-state index contributed by atoms with van der Waals surface area (Å²) in [7, 11) is -2.91. The summed E-state index contributed by atoms with van der Waals surface area (Å²) in [6.07, 6.45) is 4.74. The maximum atomic E-state index is 14.8. The van der Waals surface area contributed by atoms with Gasteiger partial charge in [0.2, 0.25) is 0 Å². The van der Waals surface area contributed by atoms with E-state index in [0.717, 1.165) is 29.7 Å². The lowest BCUT2D eigenvalue weighted by molar-refractivity contribution is 0.173. The zero-order valence-corrected chi connectivity index (χ0v) is 21.7. The summed E-state index contributed by atoms with van der Waals surface area (Å²) in [6.45, 7) is 11.4. The number of ether oxygens (including phenoxy) is 1. The quantitative estimate of drug-likeness (QED) is 0.432. The molecular formula is C27H40N3O2P. The minimum Gasteiger partial charge on any atom is -0.489 e. The third kappa shape index (κ3) is 5.07. The number of nitrogens with zero attached hydrogens (tertiary/aromatic N) is 2. The molecule has 1 aliphatic carbocycles. The van der Waals surface area contributed by atoms with E-state index >= 15 is 0 Å². The van der Waals surface area contributed by atoms with Gasteiger partial charge in [-0.1, -0.05) is 55.3 Å². The largest absolute Gasteiger partial charge is 0.489 e. The molecule has 0 radical (unpaired) electrons. The van der Waals surface area contributed by atoms with Crippen molar-refractivity contribution in [2.75, 3.05) is 0 Å². The van der Waals surface area contributed by atoms with Crippen molar-refractivity contribution in [1.82, 2.24) is 14.4 Å². The van der Waals surface area contributed by atoms with Crippen LogP contribution in [-0.4, -0.2) is 33.5 Å². The first kappa shape index (κ1) is 24.5. The molecule has 2 aromatic rings. The minimum atomic E-state index is -2.91. The number of hydrogen-bond donors (Lipinski definition) is 1. The first-order chi connectivity index (χ1) is 15.8. The number of nitrogens with one attached hydrogen (secondary N) is 1. The average Bonchev–Trinajstić information content (AvgIpc) is 3.06. The molecule has 1 saturated carbocycles. The highest BCUT2D eigenvalue weighted by atomic mass is 31.2. The van der Waals surface area contributed by atoms with Gasteiger partial charge in [-0.3, -0.25) is 4.57 Å². The number of hydrogen-bond acceptors (Lipinski definition) is 2. The van der Waals surface area contributed by atoms with Crippen LogP contribution in [-0.2, 0) is 11.2 Å². The smallest absolute Gasteiger partial charge is 0.285 e. The summed E-state index contributed by atoms with van der Waals surface area (Å²) in [5.41, 5.74) is 2.28. The van der Waals surface area contributed by atoms with Gasteiger partial charge in [-0.15, -0.1) is 0 Å². The van der Waals surface area contributed by atoms with Gasteiger partial charge in [0, 0.05) is 30.2 Å². The molecule has 5 nitrogen and oxygen atoms in total. The van der Waals surface area contributed by atoms with Crippen molar-refractivity contribution in [2.24, 2.45) is 0 Å². The van der Waals surface area contributed by atoms with E-state index in [0.29, 0.717) is 18.7 Å². The molecule has 4 rings (SSSR count). The molecular weight excluding hydrogens is 429 g/mol. The molecule has 33 heavy (non-hydrogen) atoms. The van der Waals surface area contributed by atoms with Gasteiger partial charge in [0.15, 0.2) is 0 Å². The third-order valence-corrected chi connectivity index (χ3v) is 10.5. The maximum absolute atomic E-state index is 14.8. The van der Waals surface area contributed by atoms with Gasteiger partial charge >= 0.3 is 0 Å². The Morgan fingerprint density at radius 2 is 1.42 bits per heavy atom. The highest BCUT2D eigenvalue weighted by molar-refractivity contribution is 7.57. The summed E-state index contributed by atoms with van der Waals surface area (Å²) in [6, 6.07) is 19.6. The van der Waals surface area contributed by atoms with Crippen LogP contribution in [0.15, 0.2) is 54.6 Å². The fourth-order valence-corrected chi connectivity index (χ4v) is 9.43. The van der Waals surface area contributed by atoms with Gasteiger partial charge < -0.3 is 4.74 Å². The Balaban J connectivity index is 1.50. The van der Waals surface area contributed by atoms with Crippen molar-refractivity contribution in [3.8, 4) is 5.75 Å². The second kappa shape index (κ2) is 10.3. The summed E-state index contributed by atoms with van der Waals surface area (Å²) < 4.78 is 25.3. The molecule has 3 atom stereocenters. The highest BCUT2D eigenvalue weighted by Crippen LogP contribution is 2.63. The molecule has 2 aliphatic rings. The molecule has 0 unspecified atom stereocenters. The normalized spacial score (nSPS) is 24.2. The molecule has 6 heteroatoms. The van der Waals surface area contributed by atoms with Gasteiger partial charge in [-0.05, 0) is 70.7 Å². The molecule has 180 valence electrons. The molecule has 0 bridgehead atoms. The van der Waals surface area contributed by atoms with E-state index in [2.05, 4.69) is 73.3 Å². The van der Waals surface area contributed by atoms with Gasteiger partial charge in [0.25, 0.3) is 7.59 Å². The van der Waals surface area contributed by atoms with Crippen LogP contribution in [0.5, 0.6) is 5.75 Å². The van der Waals surface area contributed by atoms with Crippen LogP contribution in [0.1, 0.15) is 77.5 Å². The standard InChI is InChI=1S/C27H40N3O2P/c1-20(2)29-26-13-9-10-14-27(26)30(21(3)4)33(29,31)28-22(5)24-15-17-25(18-16-24)32-19-23-11-7-6-8-12-23/h6-8,11-12,15-18,20-22,26-27H,9-10,13-14,19H2,1-5H3,(H,28,31)/t22-,26-,27-/m1/s1. The second-order valence-corrected chi connectivity index (χ2v) is 12.4. The van der Waals surface area contributed by atoms with Gasteiger partial charge in [-0.2, -0.15) is 0 Å². The van der Waals surface area contributed by atoms with E-state index in [4.69, 9.17) is 4.74 Å². The molecule has 0 spiro atoms. The Morgan fingerprint density at radius 3 is 1.94 bits per heavy atom. The summed E-state index contributed by atoms with van der Waals surface area (Å²) >= 11 is 0. The van der Waals surface area contributed by atoms with Crippen molar-refractivity contribution >= 4 is 7.59 Å². The number of rotatable bonds is 8. The molecule has 2 fully saturated rings. The summed E-state index contributed by atoms with van der Waals surface area (Å²) in [4.78, 5) is 0. The number of fused-ring (bicyclic) bond motifs is 1. The van der Waals surface area contributed by atoms with Crippen LogP contribution >= 0.6 is 7.59 Å². The van der Waals surface area contributed by atoms with Crippen LogP contribution in [0.25, 0.3) is 0 Å². The lowest BCUT2D eigenvalue weighted by atomic mass is 9.89. The first-order valence-electron chi connectivity index (χ1n) is 12.5. The van der Waals surface area contributed by atoms with E-state index in [9.17, 15) is 4.57 Å². The maximum Gasteiger partial charge on any atom is 0.285 e. The van der Waals surface area contributed by atoms with Crippen molar-refractivity contribution in [1.29, 1.82) is 0 Å². The highest BCUT2D eigenvalue weighted by Gasteiger charge is 2.57. The second-order valence-electron chi connectivity index (χ2n) is 10.1. The Morgan fingerprint density at radius 1 is 0.879 bits per heavy atom. The molecule has 2 aromatic carbocycles. The van der Waals surface area contributed by atoms with Gasteiger partial charge in [0.05, 0.1) is 0 Å². The first-order valence-corrected chi connectivity index (χ1v) is 14.1. The zero-order valence-electron chi connectivity index (χ0n) is 20.8. The minimum absolute atomic E-state index is 0.0262. The zero-order chi connectivity index (χ0) is 23.6. The lowest BCUT2D eigenvalue weighted by Crippen LogP contribution is -2.43. The van der Waals surface area contributed by atoms with Crippen LogP contribution < -0.4 is 9.82 Å². The Hall–Kier alpha value is -1.65. The van der Waals surface area contributed by atoms with Gasteiger partial charge in [-0.25, -0.2) is 14.4 Å². The molecule has 0 amide bonds. The van der Waals surface area contributed by atoms with Crippen LogP contribution in [0.4, 0.5) is 0 Å². The Kier molecular flexibility index (Phi) is 7.65. The third-order valence-electron chi connectivity index (χ3n) is 7.05. The van der Waals surface area contributed by atoms with Gasteiger partial charge in [0.1, 0.15) is 12.4 Å². The predicted octanol–water partition coefficient (Wildman–Crippen LogP) is 6.77. The van der Waals surface area contributed by atoms with Crippen LogP contribution in [0.2, 0.25) is 0 Å². The number of benzene rings is 2. The van der Waals surface area contributed by atoms with Crippen molar-refractivity contribution in [2.45, 2.75) is 97.1 Å². The monoisotopic (exact) mass is 469 g/mol. The average molecular weight is 470 g/mol. The topological polar surface area (TPSA) is 44.8 Å². The van der Waals surface area contributed by atoms with E-state index < -0.39 is 7.59 Å². The lowest BCUT2D eigenvalue weighted by Gasteiger charge is -2.38. The fourth-order valence-electron chi connectivity index (χ4n) is 5.68. The molecule has 1 saturated heterocycles. The van der Waals surface area contributed by atoms with E-state index in [-0.39, 0.29) is 18.1 Å². The molecule has 1 heterocycles. The van der Waals surface area contributed by atoms with Crippen molar-refractivity contribution in [3.05, 3.63) is 65.7 Å². The Labute approximate surface area is 200 Å². The van der Waals surface area contributed by atoms with E-state index in [1.165, 1.54) is 12.8 Å².